The van der Waals surface area contributed by atoms with E-state index >= 15 is 0 Å². The zero-order valence-electron chi connectivity index (χ0n) is 17.1. The Labute approximate surface area is 180 Å². The summed E-state index contributed by atoms with van der Waals surface area (Å²) in [7, 11) is 1.62. The molecule has 3 aromatic rings. The monoisotopic (exact) mass is 429 g/mol. The summed E-state index contributed by atoms with van der Waals surface area (Å²) in [6.45, 7) is 7.68. The van der Waals surface area contributed by atoms with Crippen LogP contribution in [0.2, 0.25) is 5.02 Å². The molecule has 0 aliphatic rings. The summed E-state index contributed by atoms with van der Waals surface area (Å²) in [5.41, 5.74) is 2.86. The number of benzene rings is 2. The van der Waals surface area contributed by atoms with Crippen LogP contribution in [0.1, 0.15) is 25.6 Å². The molecule has 7 heteroatoms. The molecule has 152 valence electrons. The van der Waals surface area contributed by atoms with E-state index in [0.29, 0.717) is 10.8 Å². The van der Waals surface area contributed by atoms with Crippen molar-refractivity contribution in [1.82, 2.24) is 4.98 Å². The molecule has 0 aliphatic heterocycles. The summed E-state index contributed by atoms with van der Waals surface area (Å²) in [6, 6.07) is 13.1. The number of nitrogens with zero attached hydrogens (tertiary/aromatic N) is 1. The number of anilines is 3. The summed E-state index contributed by atoms with van der Waals surface area (Å²) < 4.78 is 5.39. The van der Waals surface area contributed by atoms with Crippen LogP contribution in [-0.4, -0.2) is 18.0 Å². The number of methoxy groups -OCH3 is 1. The summed E-state index contributed by atoms with van der Waals surface area (Å²) in [5, 5.41) is 7.61. The van der Waals surface area contributed by atoms with Crippen LogP contribution < -0.4 is 15.4 Å². The number of aryl methyl sites for hydroxylation is 1. The van der Waals surface area contributed by atoms with Crippen molar-refractivity contribution in [3.05, 3.63) is 52.4 Å². The van der Waals surface area contributed by atoms with Crippen molar-refractivity contribution in [2.45, 2.75) is 27.7 Å². The van der Waals surface area contributed by atoms with E-state index in [9.17, 15) is 4.79 Å². The third kappa shape index (κ3) is 5.08. The Balaban J connectivity index is 1.87. The van der Waals surface area contributed by atoms with Gasteiger partial charge >= 0.3 is 0 Å². The first-order valence-electron chi connectivity index (χ1n) is 9.17. The van der Waals surface area contributed by atoms with Gasteiger partial charge in [-0.1, -0.05) is 44.5 Å². The number of thiazole rings is 1. The molecule has 0 bridgehead atoms. The van der Waals surface area contributed by atoms with Crippen LogP contribution in [0.25, 0.3) is 11.3 Å². The molecule has 0 saturated carbocycles. The summed E-state index contributed by atoms with van der Waals surface area (Å²) in [4.78, 5) is 18.1. The van der Waals surface area contributed by atoms with E-state index in [4.69, 9.17) is 21.3 Å². The number of rotatable bonds is 5. The van der Waals surface area contributed by atoms with Crippen molar-refractivity contribution in [2.75, 3.05) is 17.7 Å². The van der Waals surface area contributed by atoms with Crippen LogP contribution in [0.3, 0.4) is 0 Å². The number of carbonyl (C=O) groups is 1. The number of amides is 1. The summed E-state index contributed by atoms with van der Waals surface area (Å²) in [5.74, 6) is 0.663. The molecule has 0 saturated heterocycles. The number of hydrogen-bond donors (Lipinski definition) is 2. The maximum Gasteiger partial charge on any atom is 0.229 e. The summed E-state index contributed by atoms with van der Waals surface area (Å²) in [6.07, 6.45) is 0. The zero-order chi connectivity index (χ0) is 21.2. The highest BCUT2D eigenvalue weighted by Crippen LogP contribution is 2.36. The molecular weight excluding hydrogens is 406 g/mol. The van der Waals surface area contributed by atoms with Crippen LogP contribution in [0.5, 0.6) is 5.75 Å². The molecule has 29 heavy (non-hydrogen) atoms. The Morgan fingerprint density at radius 1 is 1.17 bits per heavy atom. The van der Waals surface area contributed by atoms with Crippen LogP contribution in [0.4, 0.5) is 16.5 Å². The second-order valence-corrected chi connectivity index (χ2v) is 9.32. The Bertz CT molecular complexity index is 1040. The minimum Gasteiger partial charge on any atom is -0.495 e. The number of carbonyl (C=O) groups excluding carboxylic acids is 1. The highest BCUT2D eigenvalue weighted by Gasteiger charge is 2.21. The fourth-order valence-corrected chi connectivity index (χ4v) is 3.69. The van der Waals surface area contributed by atoms with E-state index < -0.39 is 5.41 Å². The number of halogens is 1. The van der Waals surface area contributed by atoms with Gasteiger partial charge in [0, 0.05) is 26.6 Å². The van der Waals surface area contributed by atoms with Gasteiger partial charge in [0.05, 0.1) is 18.5 Å². The maximum atomic E-state index is 12.3. The molecule has 0 radical (unpaired) electrons. The van der Waals surface area contributed by atoms with Crippen LogP contribution >= 0.6 is 22.9 Å². The molecule has 2 N–H and O–H groups in total. The predicted molar refractivity (Wildman–Crippen MR) is 122 cm³/mol. The molecule has 0 aliphatic carbocycles. The Kier molecular flexibility index (Phi) is 6.15. The quantitative estimate of drug-likeness (QED) is 0.485. The average Bonchev–Trinajstić information content (AvgIpc) is 3.01. The van der Waals surface area contributed by atoms with Gasteiger partial charge in [0.15, 0.2) is 5.13 Å². The molecule has 2 aromatic carbocycles. The van der Waals surface area contributed by atoms with Crippen molar-refractivity contribution >= 4 is 45.4 Å². The molecule has 0 spiro atoms. The molecule has 1 amide bonds. The van der Waals surface area contributed by atoms with Gasteiger partial charge in [0.1, 0.15) is 5.75 Å². The van der Waals surface area contributed by atoms with Gasteiger partial charge in [-0.05, 0) is 37.3 Å². The number of ether oxygens (including phenoxy) is 1. The van der Waals surface area contributed by atoms with Crippen molar-refractivity contribution in [1.29, 1.82) is 0 Å². The topological polar surface area (TPSA) is 63.2 Å². The largest absolute Gasteiger partial charge is 0.495 e. The highest BCUT2D eigenvalue weighted by molar-refractivity contribution is 7.16. The van der Waals surface area contributed by atoms with E-state index in [-0.39, 0.29) is 5.91 Å². The van der Waals surface area contributed by atoms with Gasteiger partial charge in [-0.3, -0.25) is 4.79 Å². The SMILES string of the molecule is COc1ccc(Cl)cc1Nc1nc(-c2cccc(NC(=O)C(C)(C)C)c2)c(C)s1. The zero-order valence-corrected chi connectivity index (χ0v) is 18.7. The van der Waals surface area contributed by atoms with Crippen LogP contribution in [-0.2, 0) is 4.79 Å². The molecule has 1 heterocycles. The lowest BCUT2D eigenvalue weighted by atomic mass is 9.95. The fraction of sp³-hybridized carbons (Fsp3) is 0.273. The first kappa shape index (κ1) is 21.1. The van der Waals surface area contributed by atoms with Crippen molar-refractivity contribution in [3.63, 3.8) is 0 Å². The second kappa shape index (κ2) is 8.43. The fourth-order valence-electron chi connectivity index (χ4n) is 2.67. The number of nitrogens with one attached hydrogen (secondary N) is 2. The van der Waals surface area contributed by atoms with E-state index in [1.54, 1.807) is 30.6 Å². The Morgan fingerprint density at radius 2 is 1.93 bits per heavy atom. The molecule has 0 atom stereocenters. The molecule has 3 rings (SSSR count). The maximum absolute atomic E-state index is 12.3. The van der Waals surface area contributed by atoms with E-state index in [2.05, 4.69) is 10.6 Å². The predicted octanol–water partition coefficient (Wildman–Crippen LogP) is 6.51. The molecule has 5 nitrogen and oxygen atoms in total. The van der Waals surface area contributed by atoms with Crippen molar-refractivity contribution in [2.24, 2.45) is 5.41 Å². The third-order valence-electron chi connectivity index (χ3n) is 4.27. The Morgan fingerprint density at radius 3 is 2.62 bits per heavy atom. The number of aromatic nitrogens is 1. The normalized spacial score (nSPS) is 11.2. The van der Waals surface area contributed by atoms with Gasteiger partial charge in [0.25, 0.3) is 0 Å². The molecule has 0 fully saturated rings. The average molecular weight is 430 g/mol. The Hall–Kier alpha value is -2.57. The van der Waals surface area contributed by atoms with Gasteiger partial charge in [-0.25, -0.2) is 4.98 Å². The molecular formula is C22H24ClN3O2S. The van der Waals surface area contributed by atoms with Crippen LogP contribution in [0, 0.1) is 12.3 Å². The number of hydrogen-bond acceptors (Lipinski definition) is 5. The van der Waals surface area contributed by atoms with E-state index in [0.717, 1.165) is 32.6 Å². The van der Waals surface area contributed by atoms with Gasteiger partial charge in [0.2, 0.25) is 5.91 Å². The molecule has 0 unspecified atom stereocenters. The second-order valence-electron chi connectivity index (χ2n) is 7.68. The van der Waals surface area contributed by atoms with Gasteiger partial charge < -0.3 is 15.4 Å². The lowest BCUT2D eigenvalue weighted by molar-refractivity contribution is -0.123. The molecule has 1 aromatic heterocycles. The van der Waals surface area contributed by atoms with Crippen molar-refractivity contribution in [3.8, 4) is 17.0 Å². The minimum absolute atomic E-state index is 0.0277. The van der Waals surface area contributed by atoms with E-state index in [1.807, 2.05) is 58.0 Å². The lowest BCUT2D eigenvalue weighted by Gasteiger charge is -2.17. The van der Waals surface area contributed by atoms with Gasteiger partial charge in [-0.2, -0.15) is 0 Å². The van der Waals surface area contributed by atoms with Crippen LogP contribution in [0.15, 0.2) is 42.5 Å². The highest BCUT2D eigenvalue weighted by atomic mass is 35.5. The standard InChI is InChI=1S/C22H24ClN3O2S/c1-13-19(14-7-6-8-16(11-14)24-20(27)22(2,3)4)26-21(29-13)25-17-12-15(23)9-10-18(17)28-5/h6-12H,1-5H3,(H,24,27)(H,25,26). The minimum atomic E-state index is -0.459. The van der Waals surface area contributed by atoms with E-state index in [1.165, 1.54) is 0 Å². The first-order chi connectivity index (χ1) is 13.7. The third-order valence-corrected chi connectivity index (χ3v) is 5.40. The van der Waals surface area contributed by atoms with Gasteiger partial charge in [-0.15, -0.1) is 11.3 Å². The first-order valence-corrected chi connectivity index (χ1v) is 10.4. The van der Waals surface area contributed by atoms with Crippen molar-refractivity contribution < 1.29 is 9.53 Å². The smallest absolute Gasteiger partial charge is 0.229 e. The lowest BCUT2D eigenvalue weighted by Crippen LogP contribution is -2.27. The summed E-state index contributed by atoms with van der Waals surface area (Å²) >= 11 is 7.66.